The Morgan fingerprint density at radius 1 is 1.20 bits per heavy atom. The summed E-state index contributed by atoms with van der Waals surface area (Å²) in [6.45, 7) is 0. The molecule has 0 aliphatic rings. The predicted molar refractivity (Wildman–Crippen MR) is 61.8 cm³/mol. The van der Waals surface area contributed by atoms with E-state index < -0.39 is 0 Å². The number of hydrogen-bond acceptors (Lipinski definition) is 3. The van der Waals surface area contributed by atoms with Crippen LogP contribution in [0.25, 0.3) is 20.3 Å². The van der Waals surface area contributed by atoms with E-state index in [-0.39, 0.29) is 0 Å². The summed E-state index contributed by atoms with van der Waals surface area (Å²) in [5.74, 6) is 0. The molecule has 0 unspecified atom stereocenters. The molecule has 3 rings (SSSR count). The second-order valence-corrected chi connectivity index (χ2v) is 4.36. The highest BCUT2D eigenvalue weighted by Crippen LogP contribution is 2.32. The van der Waals surface area contributed by atoms with E-state index in [1.165, 1.54) is 10.1 Å². The summed E-state index contributed by atoms with van der Waals surface area (Å²) < 4.78 is 2.30. The van der Waals surface area contributed by atoms with Gasteiger partial charge in [0.05, 0.1) is 15.8 Å². The smallest absolute Gasteiger partial charge is 0.101 e. The van der Waals surface area contributed by atoms with Crippen molar-refractivity contribution < 1.29 is 0 Å². The van der Waals surface area contributed by atoms with Crippen LogP contribution in [0, 0.1) is 11.3 Å². The lowest BCUT2D eigenvalue weighted by molar-refractivity contribution is 1.39. The SMILES string of the molecule is N#Cc1cnc2c(c1)sc1ccccc12. The van der Waals surface area contributed by atoms with Crippen molar-refractivity contribution in [2.75, 3.05) is 0 Å². The van der Waals surface area contributed by atoms with Crippen molar-refractivity contribution in [2.24, 2.45) is 0 Å². The van der Waals surface area contributed by atoms with Gasteiger partial charge in [-0.05, 0) is 12.1 Å². The van der Waals surface area contributed by atoms with Crippen molar-refractivity contribution in [3.8, 4) is 6.07 Å². The summed E-state index contributed by atoms with van der Waals surface area (Å²) >= 11 is 1.68. The Kier molecular flexibility index (Phi) is 1.70. The van der Waals surface area contributed by atoms with Gasteiger partial charge in [-0.25, -0.2) is 0 Å². The normalized spacial score (nSPS) is 10.6. The molecule has 2 nitrogen and oxygen atoms in total. The third-order valence-electron chi connectivity index (χ3n) is 2.34. The minimum Gasteiger partial charge on any atom is -0.253 e. The van der Waals surface area contributed by atoms with Crippen LogP contribution in [0.3, 0.4) is 0 Å². The minimum absolute atomic E-state index is 0.619. The molecule has 0 radical (unpaired) electrons. The van der Waals surface area contributed by atoms with E-state index in [1.54, 1.807) is 17.5 Å². The minimum atomic E-state index is 0.619. The topological polar surface area (TPSA) is 36.7 Å². The Morgan fingerprint density at radius 3 is 2.93 bits per heavy atom. The van der Waals surface area contributed by atoms with Crippen LogP contribution in [0.1, 0.15) is 5.56 Å². The lowest BCUT2D eigenvalue weighted by Gasteiger charge is -1.90. The molecule has 0 bridgehead atoms. The molecular weight excluding hydrogens is 204 g/mol. The van der Waals surface area contributed by atoms with Gasteiger partial charge >= 0.3 is 0 Å². The number of pyridine rings is 1. The summed E-state index contributed by atoms with van der Waals surface area (Å²) in [6.07, 6.45) is 1.63. The Morgan fingerprint density at radius 2 is 2.07 bits per heavy atom. The predicted octanol–water partition coefficient (Wildman–Crippen LogP) is 3.32. The zero-order valence-electron chi connectivity index (χ0n) is 7.77. The fourth-order valence-electron chi connectivity index (χ4n) is 1.66. The molecule has 2 heterocycles. The molecule has 0 spiro atoms. The van der Waals surface area contributed by atoms with Crippen molar-refractivity contribution in [1.29, 1.82) is 5.26 Å². The number of fused-ring (bicyclic) bond motifs is 3. The van der Waals surface area contributed by atoms with E-state index in [9.17, 15) is 0 Å². The van der Waals surface area contributed by atoms with Gasteiger partial charge in [-0.3, -0.25) is 4.98 Å². The maximum atomic E-state index is 8.79. The number of benzene rings is 1. The van der Waals surface area contributed by atoms with E-state index in [4.69, 9.17) is 5.26 Å². The van der Waals surface area contributed by atoms with Crippen LogP contribution in [0.2, 0.25) is 0 Å². The van der Waals surface area contributed by atoms with E-state index >= 15 is 0 Å². The van der Waals surface area contributed by atoms with Crippen LogP contribution < -0.4 is 0 Å². The highest BCUT2D eigenvalue weighted by molar-refractivity contribution is 7.25. The number of aromatic nitrogens is 1. The average Bonchev–Trinajstić information content (AvgIpc) is 2.66. The second-order valence-electron chi connectivity index (χ2n) is 3.28. The van der Waals surface area contributed by atoms with Crippen LogP contribution in [-0.4, -0.2) is 4.98 Å². The summed E-state index contributed by atoms with van der Waals surface area (Å²) in [5, 5.41) is 9.96. The molecule has 0 saturated heterocycles. The van der Waals surface area contributed by atoms with Gasteiger partial charge in [0.25, 0.3) is 0 Å². The van der Waals surface area contributed by atoms with Crippen molar-refractivity contribution in [3.63, 3.8) is 0 Å². The highest BCUT2D eigenvalue weighted by atomic mass is 32.1. The molecule has 0 atom stereocenters. The maximum absolute atomic E-state index is 8.79. The molecule has 0 N–H and O–H groups in total. The van der Waals surface area contributed by atoms with Crippen LogP contribution in [0.15, 0.2) is 36.5 Å². The Bertz CT molecular complexity index is 691. The molecule has 0 aliphatic carbocycles. The highest BCUT2D eigenvalue weighted by Gasteiger charge is 2.05. The number of hydrogen-bond donors (Lipinski definition) is 0. The molecule has 3 heteroatoms. The van der Waals surface area contributed by atoms with Crippen molar-refractivity contribution in [3.05, 3.63) is 42.1 Å². The van der Waals surface area contributed by atoms with Gasteiger partial charge in [-0.15, -0.1) is 11.3 Å². The fraction of sp³-hybridized carbons (Fsp3) is 0. The van der Waals surface area contributed by atoms with Crippen molar-refractivity contribution in [2.45, 2.75) is 0 Å². The Hall–Kier alpha value is -1.92. The third kappa shape index (κ3) is 1.19. The molecule has 3 aromatic rings. The Balaban J connectivity index is 2.50. The van der Waals surface area contributed by atoms with Gasteiger partial charge in [0.1, 0.15) is 6.07 Å². The maximum Gasteiger partial charge on any atom is 0.101 e. The van der Waals surface area contributed by atoms with Crippen LogP contribution in [-0.2, 0) is 0 Å². The molecule has 0 fully saturated rings. The van der Waals surface area contributed by atoms with E-state index in [0.29, 0.717) is 5.56 Å². The first kappa shape index (κ1) is 8.39. The number of nitriles is 1. The van der Waals surface area contributed by atoms with E-state index in [1.807, 2.05) is 18.2 Å². The van der Waals surface area contributed by atoms with Crippen LogP contribution >= 0.6 is 11.3 Å². The van der Waals surface area contributed by atoms with Crippen molar-refractivity contribution >= 4 is 31.6 Å². The standard InChI is InChI=1S/C12H6N2S/c13-6-8-5-11-12(14-7-8)9-3-1-2-4-10(9)15-11/h1-5,7H. The molecule has 15 heavy (non-hydrogen) atoms. The number of thiophene rings is 1. The molecule has 2 aromatic heterocycles. The largest absolute Gasteiger partial charge is 0.253 e. The van der Waals surface area contributed by atoms with Gasteiger partial charge in [-0.1, -0.05) is 18.2 Å². The van der Waals surface area contributed by atoms with Gasteiger partial charge in [0.15, 0.2) is 0 Å². The van der Waals surface area contributed by atoms with Crippen molar-refractivity contribution in [1.82, 2.24) is 4.98 Å². The van der Waals surface area contributed by atoms with Crippen LogP contribution in [0.4, 0.5) is 0 Å². The lowest BCUT2D eigenvalue weighted by Crippen LogP contribution is -1.77. The summed E-state index contributed by atoms with van der Waals surface area (Å²) in [4.78, 5) is 4.33. The first-order valence-electron chi connectivity index (χ1n) is 4.56. The molecule has 0 aliphatic heterocycles. The van der Waals surface area contributed by atoms with Gasteiger partial charge in [0, 0.05) is 16.3 Å². The van der Waals surface area contributed by atoms with Gasteiger partial charge < -0.3 is 0 Å². The molecule has 0 amide bonds. The lowest BCUT2D eigenvalue weighted by atomic mass is 10.2. The zero-order chi connectivity index (χ0) is 10.3. The summed E-state index contributed by atoms with van der Waals surface area (Å²) in [6, 6.07) is 12.2. The first-order chi connectivity index (χ1) is 7.38. The monoisotopic (exact) mass is 210 g/mol. The first-order valence-corrected chi connectivity index (χ1v) is 5.37. The number of nitrogens with zero attached hydrogens (tertiary/aromatic N) is 2. The molecule has 1 aromatic carbocycles. The Labute approximate surface area is 90.4 Å². The molecular formula is C12H6N2S. The van der Waals surface area contributed by atoms with E-state index in [2.05, 4.69) is 23.2 Å². The summed E-state index contributed by atoms with van der Waals surface area (Å²) in [5.41, 5.74) is 1.61. The molecule has 0 saturated carbocycles. The van der Waals surface area contributed by atoms with Crippen LogP contribution in [0.5, 0.6) is 0 Å². The second kappa shape index (κ2) is 3.04. The third-order valence-corrected chi connectivity index (χ3v) is 3.45. The summed E-state index contributed by atoms with van der Waals surface area (Å²) in [7, 11) is 0. The quantitative estimate of drug-likeness (QED) is 0.570. The van der Waals surface area contributed by atoms with Gasteiger partial charge in [-0.2, -0.15) is 5.26 Å². The average molecular weight is 210 g/mol. The number of rotatable bonds is 0. The van der Waals surface area contributed by atoms with E-state index in [0.717, 1.165) is 10.2 Å². The van der Waals surface area contributed by atoms with Gasteiger partial charge in [0.2, 0.25) is 0 Å². The zero-order valence-corrected chi connectivity index (χ0v) is 8.58. The fourth-order valence-corrected chi connectivity index (χ4v) is 2.76. The molecule has 70 valence electrons.